The molecule has 0 saturated carbocycles. The summed E-state index contributed by atoms with van der Waals surface area (Å²) in [4.78, 5) is 0. The van der Waals surface area contributed by atoms with Crippen molar-refractivity contribution in [2.75, 3.05) is 31.6 Å². The SMILES string of the molecule is CCCCCCNS(=O)(=O)CC1CCN(S(C)(=O)=O)CC1. The quantitative estimate of drug-likeness (QED) is 0.638. The first kappa shape index (κ1) is 18.9. The predicted octanol–water partition coefficient (Wildman–Crippen LogP) is 1.16. The zero-order chi connectivity index (χ0) is 15.9. The average molecular weight is 341 g/mol. The van der Waals surface area contributed by atoms with Crippen molar-refractivity contribution in [3.8, 4) is 0 Å². The van der Waals surface area contributed by atoms with Gasteiger partial charge in [0.1, 0.15) is 0 Å². The molecule has 0 amide bonds. The highest BCUT2D eigenvalue weighted by Gasteiger charge is 2.27. The monoisotopic (exact) mass is 340 g/mol. The van der Waals surface area contributed by atoms with Gasteiger partial charge in [-0.1, -0.05) is 26.2 Å². The molecule has 0 aliphatic carbocycles. The molecule has 1 fully saturated rings. The first-order valence-corrected chi connectivity index (χ1v) is 11.2. The molecule has 0 atom stereocenters. The third-order valence-corrected chi connectivity index (χ3v) is 6.71. The zero-order valence-electron chi connectivity index (χ0n) is 13.0. The Morgan fingerprint density at radius 1 is 1.05 bits per heavy atom. The number of rotatable bonds is 9. The van der Waals surface area contributed by atoms with Crippen LogP contribution in [0.15, 0.2) is 0 Å². The van der Waals surface area contributed by atoms with Gasteiger partial charge in [-0.05, 0) is 25.2 Å². The minimum absolute atomic E-state index is 0.0520. The number of sulfonamides is 2. The highest BCUT2D eigenvalue weighted by atomic mass is 32.2. The Morgan fingerprint density at radius 2 is 1.67 bits per heavy atom. The summed E-state index contributed by atoms with van der Waals surface area (Å²) in [6.45, 7) is 3.47. The molecular weight excluding hydrogens is 312 g/mol. The van der Waals surface area contributed by atoms with Crippen LogP contribution in [0, 0.1) is 5.92 Å². The molecule has 0 aromatic carbocycles. The fourth-order valence-electron chi connectivity index (χ4n) is 2.56. The van der Waals surface area contributed by atoms with Crippen LogP contribution in [0.5, 0.6) is 0 Å². The van der Waals surface area contributed by atoms with Crippen molar-refractivity contribution in [2.24, 2.45) is 5.92 Å². The summed E-state index contributed by atoms with van der Waals surface area (Å²) >= 11 is 0. The second-order valence-corrected chi connectivity index (χ2v) is 9.68. The topological polar surface area (TPSA) is 83.6 Å². The highest BCUT2D eigenvalue weighted by Crippen LogP contribution is 2.20. The molecule has 1 heterocycles. The van der Waals surface area contributed by atoms with Crippen LogP contribution in [-0.2, 0) is 20.0 Å². The van der Waals surface area contributed by atoms with E-state index in [1.165, 1.54) is 10.6 Å². The smallest absolute Gasteiger partial charge is 0.211 e. The normalized spacial score (nSPS) is 19.0. The molecule has 0 aromatic rings. The van der Waals surface area contributed by atoms with Crippen LogP contribution in [0.3, 0.4) is 0 Å². The van der Waals surface area contributed by atoms with Gasteiger partial charge in [-0.3, -0.25) is 0 Å². The molecule has 1 saturated heterocycles. The van der Waals surface area contributed by atoms with Crippen molar-refractivity contribution in [1.29, 1.82) is 0 Å². The van der Waals surface area contributed by atoms with E-state index in [2.05, 4.69) is 11.6 Å². The van der Waals surface area contributed by atoms with Crippen LogP contribution in [0.4, 0.5) is 0 Å². The summed E-state index contributed by atoms with van der Waals surface area (Å²) in [5.74, 6) is 0.161. The number of hydrogen-bond acceptors (Lipinski definition) is 4. The van der Waals surface area contributed by atoms with Crippen LogP contribution in [-0.4, -0.2) is 52.8 Å². The van der Waals surface area contributed by atoms with Gasteiger partial charge in [-0.15, -0.1) is 0 Å². The van der Waals surface area contributed by atoms with Gasteiger partial charge in [0.15, 0.2) is 0 Å². The third kappa shape index (κ3) is 7.58. The van der Waals surface area contributed by atoms with Crippen molar-refractivity contribution in [3.63, 3.8) is 0 Å². The van der Waals surface area contributed by atoms with E-state index in [1.54, 1.807) is 0 Å². The molecule has 0 radical (unpaired) electrons. The zero-order valence-corrected chi connectivity index (χ0v) is 14.7. The largest absolute Gasteiger partial charge is 0.215 e. The van der Waals surface area contributed by atoms with Crippen LogP contribution >= 0.6 is 0 Å². The second kappa shape index (κ2) is 8.45. The molecule has 0 bridgehead atoms. The molecule has 0 unspecified atom stereocenters. The van der Waals surface area contributed by atoms with Crippen molar-refractivity contribution >= 4 is 20.0 Å². The van der Waals surface area contributed by atoms with Gasteiger partial charge in [-0.2, -0.15) is 0 Å². The van der Waals surface area contributed by atoms with Crippen LogP contribution in [0.2, 0.25) is 0 Å². The first-order valence-electron chi connectivity index (χ1n) is 7.67. The lowest BCUT2D eigenvalue weighted by Crippen LogP contribution is -2.40. The Hall–Kier alpha value is -0.180. The molecule has 1 aliphatic heterocycles. The molecule has 1 rings (SSSR count). The molecule has 21 heavy (non-hydrogen) atoms. The Balaban J connectivity index is 2.30. The second-order valence-electron chi connectivity index (χ2n) is 5.84. The Bertz CT molecular complexity index is 494. The Morgan fingerprint density at radius 3 is 2.19 bits per heavy atom. The number of nitrogens with one attached hydrogen (secondary N) is 1. The van der Waals surface area contributed by atoms with Gasteiger partial charge < -0.3 is 0 Å². The maximum absolute atomic E-state index is 12.0. The van der Waals surface area contributed by atoms with Crippen molar-refractivity contribution in [2.45, 2.75) is 45.4 Å². The van der Waals surface area contributed by atoms with Gasteiger partial charge in [0.05, 0.1) is 12.0 Å². The fourth-order valence-corrected chi connectivity index (χ4v) is 4.96. The maximum Gasteiger partial charge on any atom is 0.211 e. The summed E-state index contributed by atoms with van der Waals surface area (Å²) in [6.07, 6.45) is 6.61. The number of piperidine rings is 1. The standard InChI is InChI=1S/C13H28N2O4S2/c1-3-4-5-6-9-14-21(18,19)12-13-7-10-15(11-8-13)20(2,16)17/h13-14H,3-12H2,1-2H3. The highest BCUT2D eigenvalue weighted by molar-refractivity contribution is 7.89. The van der Waals surface area contributed by atoms with E-state index < -0.39 is 20.0 Å². The molecule has 6 nitrogen and oxygen atoms in total. The van der Waals surface area contributed by atoms with Crippen LogP contribution in [0.25, 0.3) is 0 Å². The van der Waals surface area contributed by atoms with Gasteiger partial charge in [0, 0.05) is 19.6 Å². The summed E-state index contributed by atoms with van der Waals surface area (Å²) in [5, 5.41) is 0. The van der Waals surface area contributed by atoms with E-state index in [4.69, 9.17) is 0 Å². The van der Waals surface area contributed by atoms with Crippen molar-refractivity contribution in [1.82, 2.24) is 9.03 Å². The molecule has 0 aromatic heterocycles. The first-order chi connectivity index (χ1) is 9.74. The van der Waals surface area contributed by atoms with E-state index in [0.717, 1.165) is 25.7 Å². The van der Waals surface area contributed by atoms with E-state index in [0.29, 0.717) is 32.5 Å². The van der Waals surface area contributed by atoms with E-state index in [-0.39, 0.29) is 11.7 Å². The maximum atomic E-state index is 12.0. The summed E-state index contributed by atoms with van der Waals surface area (Å²) < 4.78 is 50.8. The number of nitrogens with zero attached hydrogens (tertiary/aromatic N) is 1. The number of hydrogen-bond donors (Lipinski definition) is 1. The minimum Gasteiger partial charge on any atom is -0.215 e. The van der Waals surface area contributed by atoms with Crippen LogP contribution in [0.1, 0.15) is 45.4 Å². The number of unbranched alkanes of at least 4 members (excludes halogenated alkanes) is 3. The summed E-state index contributed by atoms with van der Waals surface area (Å²) in [6, 6.07) is 0. The Kier molecular flexibility index (Phi) is 7.59. The molecule has 126 valence electrons. The van der Waals surface area contributed by atoms with Gasteiger partial charge in [-0.25, -0.2) is 25.9 Å². The van der Waals surface area contributed by atoms with E-state index in [1.807, 2.05) is 0 Å². The van der Waals surface area contributed by atoms with Gasteiger partial charge >= 0.3 is 0 Å². The minimum atomic E-state index is -3.24. The predicted molar refractivity (Wildman–Crippen MR) is 85.1 cm³/mol. The fraction of sp³-hybridized carbons (Fsp3) is 1.00. The molecule has 8 heteroatoms. The lowest BCUT2D eigenvalue weighted by Gasteiger charge is -2.29. The Labute approximate surface area is 129 Å². The molecular formula is C13H28N2O4S2. The molecule has 1 aliphatic rings. The van der Waals surface area contributed by atoms with Crippen molar-refractivity contribution < 1.29 is 16.8 Å². The van der Waals surface area contributed by atoms with E-state index >= 15 is 0 Å². The van der Waals surface area contributed by atoms with E-state index in [9.17, 15) is 16.8 Å². The lowest BCUT2D eigenvalue weighted by atomic mass is 10.0. The summed E-state index contributed by atoms with van der Waals surface area (Å²) in [7, 11) is -6.39. The summed E-state index contributed by atoms with van der Waals surface area (Å²) in [5.41, 5.74) is 0. The van der Waals surface area contributed by atoms with Crippen LogP contribution < -0.4 is 4.72 Å². The molecule has 1 N–H and O–H groups in total. The molecule has 0 spiro atoms. The average Bonchev–Trinajstić information content (AvgIpc) is 2.37. The lowest BCUT2D eigenvalue weighted by molar-refractivity contribution is 0.290. The van der Waals surface area contributed by atoms with Gasteiger partial charge in [0.25, 0.3) is 0 Å². The van der Waals surface area contributed by atoms with Crippen molar-refractivity contribution in [3.05, 3.63) is 0 Å². The third-order valence-electron chi connectivity index (χ3n) is 3.85. The van der Waals surface area contributed by atoms with Gasteiger partial charge in [0.2, 0.25) is 20.0 Å².